The van der Waals surface area contributed by atoms with Crippen LogP contribution in [0.15, 0.2) is 0 Å². The molecule has 1 heterocycles. The molecule has 2 atom stereocenters. The molecule has 0 amide bonds. The highest BCUT2D eigenvalue weighted by Gasteiger charge is 2.15. The number of unbranched alkanes of at least 4 members (excludes halogenated alkanes) is 1. The summed E-state index contributed by atoms with van der Waals surface area (Å²) in [5.41, 5.74) is 0. The third kappa shape index (κ3) is 6.74. The smallest absolute Gasteiger partial charge is 0.0897 e. The number of aliphatic hydroxyl groups is 1. The van der Waals surface area contributed by atoms with Crippen molar-refractivity contribution in [1.29, 1.82) is 0 Å². The number of hydrogen-bond donors (Lipinski definition) is 2. The van der Waals surface area contributed by atoms with Crippen LogP contribution in [0.1, 0.15) is 32.6 Å². The van der Waals surface area contributed by atoms with Gasteiger partial charge in [-0.05, 0) is 25.0 Å². The Morgan fingerprint density at radius 2 is 2.44 bits per heavy atom. The van der Waals surface area contributed by atoms with E-state index < -0.39 is 0 Å². The highest BCUT2D eigenvalue weighted by molar-refractivity contribution is 8.00. The lowest BCUT2D eigenvalue weighted by Crippen LogP contribution is -2.33. The molecule has 1 aliphatic rings. The largest absolute Gasteiger partial charge is 0.389 e. The molecule has 16 heavy (non-hydrogen) atoms. The average Bonchev–Trinajstić information content (AvgIpc) is 2.77. The summed E-state index contributed by atoms with van der Waals surface area (Å²) in [6, 6.07) is 0. The van der Waals surface area contributed by atoms with E-state index in [-0.39, 0.29) is 6.10 Å². The molecule has 1 saturated heterocycles. The van der Waals surface area contributed by atoms with Crippen molar-refractivity contribution in [2.45, 2.75) is 44.0 Å². The van der Waals surface area contributed by atoms with Gasteiger partial charge in [-0.2, -0.15) is 11.8 Å². The van der Waals surface area contributed by atoms with Crippen LogP contribution in [0.2, 0.25) is 0 Å². The molecule has 96 valence electrons. The SMILES string of the molecule is CCCCOCC(O)CNCC1CCCS1. The van der Waals surface area contributed by atoms with E-state index in [1.165, 1.54) is 18.6 Å². The van der Waals surface area contributed by atoms with Crippen LogP contribution in [0.4, 0.5) is 0 Å². The maximum absolute atomic E-state index is 9.63. The Hall–Kier alpha value is 0.230. The van der Waals surface area contributed by atoms with Crippen LogP contribution in [0.3, 0.4) is 0 Å². The fourth-order valence-corrected chi connectivity index (χ4v) is 2.98. The summed E-state index contributed by atoms with van der Waals surface area (Å²) in [5, 5.41) is 13.7. The lowest BCUT2D eigenvalue weighted by Gasteiger charge is -2.14. The Morgan fingerprint density at radius 3 is 3.12 bits per heavy atom. The predicted octanol–water partition coefficient (Wildman–Crippen LogP) is 1.65. The second-order valence-corrected chi connectivity index (χ2v) is 5.78. The zero-order valence-electron chi connectivity index (χ0n) is 10.3. The molecule has 1 fully saturated rings. The molecular formula is C12H25NO2S. The maximum Gasteiger partial charge on any atom is 0.0897 e. The molecule has 0 aromatic rings. The summed E-state index contributed by atoms with van der Waals surface area (Å²) in [5.74, 6) is 1.30. The van der Waals surface area contributed by atoms with E-state index in [0.29, 0.717) is 13.2 Å². The zero-order valence-corrected chi connectivity index (χ0v) is 11.1. The molecule has 1 rings (SSSR count). The van der Waals surface area contributed by atoms with Gasteiger partial charge >= 0.3 is 0 Å². The third-order valence-electron chi connectivity index (χ3n) is 2.73. The predicted molar refractivity (Wildman–Crippen MR) is 70.1 cm³/mol. The number of thioether (sulfide) groups is 1. The lowest BCUT2D eigenvalue weighted by atomic mass is 10.2. The fourth-order valence-electron chi connectivity index (χ4n) is 1.74. The second-order valence-electron chi connectivity index (χ2n) is 4.38. The van der Waals surface area contributed by atoms with Gasteiger partial charge in [0, 0.05) is 24.9 Å². The molecule has 0 aromatic carbocycles. The van der Waals surface area contributed by atoms with Crippen LogP contribution < -0.4 is 5.32 Å². The minimum absolute atomic E-state index is 0.358. The molecule has 4 heteroatoms. The van der Waals surface area contributed by atoms with Gasteiger partial charge in [-0.3, -0.25) is 0 Å². The molecule has 0 radical (unpaired) electrons. The van der Waals surface area contributed by atoms with Crippen LogP contribution >= 0.6 is 11.8 Å². The van der Waals surface area contributed by atoms with Crippen molar-refractivity contribution in [3.63, 3.8) is 0 Å². The topological polar surface area (TPSA) is 41.5 Å². The summed E-state index contributed by atoms with van der Waals surface area (Å²) < 4.78 is 5.36. The van der Waals surface area contributed by atoms with Gasteiger partial charge in [-0.25, -0.2) is 0 Å². The highest BCUT2D eigenvalue weighted by Crippen LogP contribution is 2.25. The van der Waals surface area contributed by atoms with Gasteiger partial charge in [0.15, 0.2) is 0 Å². The Bertz CT molecular complexity index is 163. The average molecular weight is 247 g/mol. The van der Waals surface area contributed by atoms with Crippen LogP contribution in [0.25, 0.3) is 0 Å². The van der Waals surface area contributed by atoms with Gasteiger partial charge in [0.05, 0.1) is 12.7 Å². The summed E-state index contributed by atoms with van der Waals surface area (Å²) in [6.45, 7) is 5.05. The molecule has 1 aliphatic heterocycles. The van der Waals surface area contributed by atoms with E-state index in [0.717, 1.165) is 31.2 Å². The van der Waals surface area contributed by atoms with Gasteiger partial charge in [-0.1, -0.05) is 13.3 Å². The molecule has 2 unspecified atom stereocenters. The molecular weight excluding hydrogens is 222 g/mol. The van der Waals surface area contributed by atoms with Crippen molar-refractivity contribution >= 4 is 11.8 Å². The van der Waals surface area contributed by atoms with Crippen molar-refractivity contribution in [1.82, 2.24) is 5.32 Å². The van der Waals surface area contributed by atoms with E-state index in [1.54, 1.807) is 0 Å². The van der Waals surface area contributed by atoms with E-state index >= 15 is 0 Å². The standard InChI is InChI=1S/C12H25NO2S/c1-2-3-6-15-10-11(14)8-13-9-12-5-4-7-16-12/h11-14H,2-10H2,1H3. The summed E-state index contributed by atoms with van der Waals surface area (Å²) >= 11 is 2.04. The van der Waals surface area contributed by atoms with Crippen LogP contribution in [0, 0.1) is 0 Å². The number of hydrogen-bond acceptors (Lipinski definition) is 4. The first-order valence-electron chi connectivity index (χ1n) is 6.41. The minimum Gasteiger partial charge on any atom is -0.389 e. The molecule has 3 nitrogen and oxygen atoms in total. The van der Waals surface area contributed by atoms with E-state index in [4.69, 9.17) is 4.74 Å². The Morgan fingerprint density at radius 1 is 1.56 bits per heavy atom. The first kappa shape index (κ1) is 14.3. The lowest BCUT2D eigenvalue weighted by molar-refractivity contribution is 0.0360. The van der Waals surface area contributed by atoms with E-state index in [2.05, 4.69) is 12.2 Å². The van der Waals surface area contributed by atoms with Gasteiger partial charge in [0.25, 0.3) is 0 Å². The van der Waals surface area contributed by atoms with Crippen molar-refractivity contribution in [2.24, 2.45) is 0 Å². The van der Waals surface area contributed by atoms with Crippen molar-refractivity contribution in [3.8, 4) is 0 Å². The Kier molecular flexibility index (Phi) is 8.29. The van der Waals surface area contributed by atoms with Crippen LogP contribution in [0.5, 0.6) is 0 Å². The first-order chi connectivity index (χ1) is 7.83. The summed E-state index contributed by atoms with van der Waals surface area (Å²) in [7, 11) is 0. The van der Waals surface area contributed by atoms with Gasteiger partial charge in [0.1, 0.15) is 0 Å². The molecule has 0 aliphatic carbocycles. The zero-order chi connectivity index (χ0) is 11.6. The maximum atomic E-state index is 9.63. The van der Waals surface area contributed by atoms with Crippen molar-refractivity contribution < 1.29 is 9.84 Å². The monoisotopic (exact) mass is 247 g/mol. The Labute approximate surface area is 103 Å². The quantitative estimate of drug-likeness (QED) is 0.608. The third-order valence-corrected chi connectivity index (χ3v) is 4.13. The second kappa shape index (κ2) is 9.28. The number of nitrogens with one attached hydrogen (secondary N) is 1. The Balaban J connectivity index is 1.87. The number of rotatable bonds is 9. The number of aliphatic hydroxyl groups excluding tert-OH is 1. The molecule has 2 N–H and O–H groups in total. The van der Waals surface area contributed by atoms with E-state index in [9.17, 15) is 5.11 Å². The van der Waals surface area contributed by atoms with Crippen LogP contribution in [-0.4, -0.2) is 48.5 Å². The normalized spacial score (nSPS) is 22.5. The van der Waals surface area contributed by atoms with E-state index in [1.807, 2.05) is 11.8 Å². The first-order valence-corrected chi connectivity index (χ1v) is 7.46. The molecule has 0 aromatic heterocycles. The van der Waals surface area contributed by atoms with Crippen molar-refractivity contribution in [3.05, 3.63) is 0 Å². The van der Waals surface area contributed by atoms with Crippen LogP contribution in [-0.2, 0) is 4.74 Å². The molecule has 0 spiro atoms. The molecule has 0 bridgehead atoms. The highest BCUT2D eigenvalue weighted by atomic mass is 32.2. The molecule has 0 saturated carbocycles. The summed E-state index contributed by atoms with van der Waals surface area (Å²) in [4.78, 5) is 0. The van der Waals surface area contributed by atoms with Gasteiger partial charge in [0.2, 0.25) is 0 Å². The van der Waals surface area contributed by atoms with Gasteiger partial charge in [-0.15, -0.1) is 0 Å². The van der Waals surface area contributed by atoms with Crippen molar-refractivity contribution in [2.75, 3.05) is 32.1 Å². The van der Waals surface area contributed by atoms with Gasteiger partial charge < -0.3 is 15.2 Å². The minimum atomic E-state index is -0.358. The summed E-state index contributed by atoms with van der Waals surface area (Å²) in [6.07, 6.45) is 4.54. The number of ether oxygens (including phenoxy) is 1. The fraction of sp³-hybridized carbons (Fsp3) is 1.00.